The average Bonchev–Trinajstić information content (AvgIpc) is 2.89. The van der Waals surface area contributed by atoms with E-state index in [0.717, 1.165) is 33.4 Å². The molecule has 1 heteroatoms. The molecule has 1 nitrogen and oxygen atoms in total. The molecule has 0 amide bonds. The maximum Gasteiger partial charge on any atom is 0.100 e. The highest BCUT2D eigenvalue weighted by atomic mass is 14.3. The molecule has 0 radical (unpaired) electrons. The van der Waals surface area contributed by atoms with Crippen LogP contribution in [0.25, 0.3) is 44.5 Å². The van der Waals surface area contributed by atoms with Crippen LogP contribution in [-0.4, -0.2) is 0 Å². The van der Waals surface area contributed by atoms with Gasteiger partial charge in [0, 0.05) is 11.1 Å². The van der Waals surface area contributed by atoms with Gasteiger partial charge in [-0.25, -0.2) is 0 Å². The van der Waals surface area contributed by atoms with E-state index >= 15 is 0 Å². The van der Waals surface area contributed by atoms with E-state index in [1.54, 1.807) is 0 Å². The summed E-state index contributed by atoms with van der Waals surface area (Å²) in [5.74, 6) is 0. The Balaban J connectivity index is 1.61. The molecule has 0 fully saturated rings. The van der Waals surface area contributed by atoms with Gasteiger partial charge < -0.3 is 0 Å². The minimum absolute atomic E-state index is 0.697. The van der Waals surface area contributed by atoms with E-state index in [0.29, 0.717) is 5.56 Å². The summed E-state index contributed by atoms with van der Waals surface area (Å²) in [5, 5.41) is 10.1. The fourth-order valence-corrected chi connectivity index (χ4v) is 4.15. The van der Waals surface area contributed by atoms with Crippen molar-refractivity contribution in [3.63, 3.8) is 0 Å². The second kappa shape index (κ2) is 8.76. The predicted octanol–water partition coefficient (Wildman–Crippen LogP) is 8.23. The Bertz CT molecular complexity index is 1310. The minimum Gasteiger partial charge on any atom is -0.192 e. The first-order chi connectivity index (χ1) is 15.8. The molecular formula is C31H21N. The Kier molecular flexibility index (Phi) is 5.35. The average molecular weight is 408 g/mol. The maximum atomic E-state index is 10.1. The van der Waals surface area contributed by atoms with Gasteiger partial charge in [-0.1, -0.05) is 115 Å². The molecule has 0 aliphatic rings. The van der Waals surface area contributed by atoms with Crippen LogP contribution in [0.5, 0.6) is 0 Å². The molecule has 5 aromatic carbocycles. The van der Waals surface area contributed by atoms with Crippen LogP contribution in [0, 0.1) is 11.3 Å². The van der Waals surface area contributed by atoms with Crippen LogP contribution >= 0.6 is 0 Å². The van der Waals surface area contributed by atoms with E-state index < -0.39 is 0 Å². The number of nitriles is 1. The number of nitrogens with zero attached hydrogens (tertiary/aromatic N) is 1. The lowest BCUT2D eigenvalue weighted by Gasteiger charge is -2.12. The SMILES string of the molecule is N#Cc1c(-c2cccc(-c3ccccc3)c2)cccc1-c1cccc(-c2ccccc2)c1. The van der Waals surface area contributed by atoms with Crippen LogP contribution in [0.1, 0.15) is 5.56 Å². The van der Waals surface area contributed by atoms with Gasteiger partial charge in [0.25, 0.3) is 0 Å². The van der Waals surface area contributed by atoms with Crippen molar-refractivity contribution in [2.45, 2.75) is 0 Å². The Morgan fingerprint density at radius 3 is 1.19 bits per heavy atom. The van der Waals surface area contributed by atoms with E-state index in [9.17, 15) is 5.26 Å². The molecule has 0 heterocycles. The van der Waals surface area contributed by atoms with Gasteiger partial charge in [-0.15, -0.1) is 0 Å². The van der Waals surface area contributed by atoms with E-state index in [1.165, 1.54) is 11.1 Å². The maximum absolute atomic E-state index is 10.1. The molecule has 5 rings (SSSR count). The lowest BCUT2D eigenvalue weighted by atomic mass is 9.90. The van der Waals surface area contributed by atoms with Crippen LogP contribution in [-0.2, 0) is 0 Å². The van der Waals surface area contributed by atoms with Gasteiger partial charge in [0.15, 0.2) is 0 Å². The second-order valence-corrected chi connectivity index (χ2v) is 7.73. The molecule has 150 valence electrons. The van der Waals surface area contributed by atoms with Crippen LogP contribution in [0.3, 0.4) is 0 Å². The van der Waals surface area contributed by atoms with Crippen molar-refractivity contribution in [1.29, 1.82) is 5.26 Å². The van der Waals surface area contributed by atoms with Gasteiger partial charge >= 0.3 is 0 Å². The molecule has 0 aliphatic heterocycles. The van der Waals surface area contributed by atoms with Crippen molar-refractivity contribution in [1.82, 2.24) is 0 Å². The van der Waals surface area contributed by atoms with Gasteiger partial charge in [-0.2, -0.15) is 5.26 Å². The van der Waals surface area contributed by atoms with Crippen molar-refractivity contribution in [2.24, 2.45) is 0 Å². The normalized spacial score (nSPS) is 10.5. The molecular weight excluding hydrogens is 386 g/mol. The van der Waals surface area contributed by atoms with Crippen molar-refractivity contribution in [3.05, 3.63) is 133 Å². The predicted molar refractivity (Wildman–Crippen MR) is 133 cm³/mol. The highest BCUT2D eigenvalue weighted by Crippen LogP contribution is 2.35. The van der Waals surface area contributed by atoms with Crippen molar-refractivity contribution in [2.75, 3.05) is 0 Å². The van der Waals surface area contributed by atoms with Crippen LogP contribution < -0.4 is 0 Å². The third-order valence-electron chi connectivity index (χ3n) is 5.74. The zero-order valence-electron chi connectivity index (χ0n) is 17.6. The topological polar surface area (TPSA) is 23.8 Å². The number of benzene rings is 5. The van der Waals surface area contributed by atoms with Crippen molar-refractivity contribution < 1.29 is 0 Å². The molecule has 0 atom stereocenters. The van der Waals surface area contributed by atoms with Crippen LogP contribution in [0.4, 0.5) is 0 Å². The fourth-order valence-electron chi connectivity index (χ4n) is 4.15. The van der Waals surface area contributed by atoms with Crippen molar-refractivity contribution in [3.8, 4) is 50.6 Å². The number of hydrogen-bond acceptors (Lipinski definition) is 1. The highest BCUT2D eigenvalue weighted by Gasteiger charge is 2.13. The zero-order valence-corrected chi connectivity index (χ0v) is 17.6. The van der Waals surface area contributed by atoms with Crippen molar-refractivity contribution >= 4 is 0 Å². The molecule has 0 saturated carbocycles. The summed E-state index contributed by atoms with van der Waals surface area (Å²) in [4.78, 5) is 0. The highest BCUT2D eigenvalue weighted by molar-refractivity contribution is 5.85. The summed E-state index contributed by atoms with van der Waals surface area (Å²) >= 11 is 0. The molecule has 5 aromatic rings. The molecule has 0 N–H and O–H groups in total. The fraction of sp³-hybridized carbons (Fsp3) is 0. The molecule has 0 saturated heterocycles. The van der Waals surface area contributed by atoms with E-state index in [4.69, 9.17) is 0 Å². The first-order valence-corrected chi connectivity index (χ1v) is 10.7. The smallest absolute Gasteiger partial charge is 0.100 e. The first kappa shape index (κ1) is 19.5. The standard InChI is InChI=1S/C31H21N/c32-22-31-29(27-16-7-14-25(20-27)23-10-3-1-4-11-23)18-9-19-30(31)28-17-8-15-26(21-28)24-12-5-2-6-13-24/h1-21H. The van der Waals surface area contributed by atoms with Gasteiger partial charge in [-0.05, 0) is 45.5 Å². The molecule has 0 bridgehead atoms. The minimum atomic E-state index is 0.697. The molecule has 0 unspecified atom stereocenters. The lowest BCUT2D eigenvalue weighted by molar-refractivity contribution is 1.47. The summed E-state index contributed by atoms with van der Waals surface area (Å²) in [6.45, 7) is 0. The third-order valence-corrected chi connectivity index (χ3v) is 5.74. The van der Waals surface area contributed by atoms with Gasteiger partial charge in [0.1, 0.15) is 6.07 Å². The zero-order chi connectivity index (χ0) is 21.8. The quantitative estimate of drug-likeness (QED) is 0.294. The Morgan fingerprint density at radius 2 is 0.750 bits per heavy atom. The summed E-state index contributed by atoms with van der Waals surface area (Å²) in [6, 6.07) is 46.0. The molecule has 0 aromatic heterocycles. The molecule has 0 aliphatic carbocycles. The van der Waals surface area contributed by atoms with Gasteiger partial charge in [-0.3, -0.25) is 0 Å². The largest absolute Gasteiger partial charge is 0.192 e. The van der Waals surface area contributed by atoms with E-state index in [1.807, 2.05) is 54.6 Å². The van der Waals surface area contributed by atoms with Crippen LogP contribution in [0.15, 0.2) is 127 Å². The number of rotatable bonds is 4. The third kappa shape index (κ3) is 3.83. The second-order valence-electron chi connectivity index (χ2n) is 7.73. The van der Waals surface area contributed by atoms with Crippen LogP contribution in [0.2, 0.25) is 0 Å². The lowest BCUT2D eigenvalue weighted by Crippen LogP contribution is -1.91. The van der Waals surface area contributed by atoms with E-state index in [-0.39, 0.29) is 0 Å². The summed E-state index contributed by atoms with van der Waals surface area (Å²) in [7, 11) is 0. The van der Waals surface area contributed by atoms with Gasteiger partial charge in [0.2, 0.25) is 0 Å². The van der Waals surface area contributed by atoms with E-state index in [2.05, 4.69) is 78.9 Å². The Labute approximate surface area is 188 Å². The Hall–Kier alpha value is -4.41. The van der Waals surface area contributed by atoms with Gasteiger partial charge in [0.05, 0.1) is 5.56 Å². The monoisotopic (exact) mass is 407 g/mol. The number of hydrogen-bond donors (Lipinski definition) is 0. The summed E-state index contributed by atoms with van der Waals surface area (Å²) in [5.41, 5.74) is 9.31. The first-order valence-electron chi connectivity index (χ1n) is 10.7. The Morgan fingerprint density at radius 1 is 0.375 bits per heavy atom. The molecule has 32 heavy (non-hydrogen) atoms. The molecule has 0 spiro atoms. The summed E-state index contributed by atoms with van der Waals surface area (Å²) in [6.07, 6.45) is 0. The summed E-state index contributed by atoms with van der Waals surface area (Å²) < 4.78 is 0.